The van der Waals surface area contributed by atoms with Crippen molar-refractivity contribution in [1.29, 1.82) is 0 Å². The van der Waals surface area contributed by atoms with Crippen LogP contribution in [0.25, 0.3) is 0 Å². The third-order valence-corrected chi connectivity index (χ3v) is 5.29. The summed E-state index contributed by atoms with van der Waals surface area (Å²) < 4.78 is 0. The maximum atomic E-state index is 11.4. The Balaban J connectivity index is 1.93. The van der Waals surface area contributed by atoms with Crippen LogP contribution in [0.3, 0.4) is 0 Å². The molecule has 7 heteroatoms. The number of nitrogens with two attached hydrogens (primary N) is 1. The Bertz CT molecular complexity index is 652. The van der Waals surface area contributed by atoms with E-state index >= 15 is 0 Å². The number of anilines is 1. The lowest BCUT2D eigenvalue weighted by Crippen LogP contribution is -2.42. The van der Waals surface area contributed by atoms with Crippen LogP contribution in [0.2, 0.25) is 0 Å². The quantitative estimate of drug-likeness (QED) is 0.469. The highest BCUT2D eigenvalue weighted by molar-refractivity contribution is 5.80. The fourth-order valence-corrected chi connectivity index (χ4v) is 3.49. The highest BCUT2D eigenvalue weighted by Gasteiger charge is 2.25. The first-order valence-corrected chi connectivity index (χ1v) is 10.4. The Morgan fingerprint density at radius 3 is 2.64 bits per heavy atom. The van der Waals surface area contributed by atoms with Gasteiger partial charge in [-0.1, -0.05) is 19.9 Å². The third-order valence-electron chi connectivity index (χ3n) is 5.29. The number of carbonyl (C=O) groups is 1. The summed E-state index contributed by atoms with van der Waals surface area (Å²) in [5.74, 6) is 2.27. The first-order chi connectivity index (χ1) is 13.4. The molecular weight excluding hydrogens is 352 g/mol. The van der Waals surface area contributed by atoms with Crippen molar-refractivity contribution in [3.63, 3.8) is 0 Å². The minimum absolute atomic E-state index is 0.0168. The van der Waals surface area contributed by atoms with Gasteiger partial charge in [-0.05, 0) is 44.6 Å². The molecule has 0 radical (unpaired) electrons. The number of piperidine rings is 1. The van der Waals surface area contributed by atoms with Gasteiger partial charge in [-0.15, -0.1) is 0 Å². The van der Waals surface area contributed by atoms with Gasteiger partial charge >= 0.3 is 0 Å². The Morgan fingerprint density at radius 1 is 1.32 bits per heavy atom. The maximum absolute atomic E-state index is 11.4. The lowest BCUT2D eigenvalue weighted by molar-refractivity contribution is -0.122. The maximum Gasteiger partial charge on any atom is 0.220 e. The van der Waals surface area contributed by atoms with Crippen LogP contribution in [0.1, 0.15) is 52.0 Å². The van der Waals surface area contributed by atoms with Crippen molar-refractivity contribution < 1.29 is 4.79 Å². The van der Waals surface area contributed by atoms with Gasteiger partial charge in [-0.3, -0.25) is 9.79 Å². The molecule has 1 aromatic heterocycles. The average molecular weight is 389 g/mol. The average Bonchev–Trinajstić information content (AvgIpc) is 2.69. The summed E-state index contributed by atoms with van der Waals surface area (Å²) in [6.07, 6.45) is 5.70. The van der Waals surface area contributed by atoms with Crippen molar-refractivity contribution in [2.45, 2.75) is 59.0 Å². The second-order valence-corrected chi connectivity index (χ2v) is 8.09. The molecule has 4 N–H and O–H groups in total. The van der Waals surface area contributed by atoms with E-state index in [0.717, 1.165) is 49.7 Å². The van der Waals surface area contributed by atoms with E-state index in [4.69, 9.17) is 5.73 Å². The van der Waals surface area contributed by atoms with E-state index in [9.17, 15) is 4.79 Å². The number of hydrogen-bond donors (Lipinski definition) is 3. The number of carbonyl (C=O) groups excluding carboxylic acids is 1. The van der Waals surface area contributed by atoms with Crippen molar-refractivity contribution >= 4 is 17.7 Å². The Morgan fingerprint density at radius 2 is 2.04 bits per heavy atom. The molecule has 1 unspecified atom stereocenters. The van der Waals surface area contributed by atoms with E-state index in [2.05, 4.69) is 52.3 Å². The molecule has 0 bridgehead atoms. The fourth-order valence-electron chi connectivity index (χ4n) is 3.49. The van der Waals surface area contributed by atoms with E-state index in [1.165, 1.54) is 6.42 Å². The minimum Gasteiger partial charge on any atom is -0.369 e. The van der Waals surface area contributed by atoms with Gasteiger partial charge in [0.1, 0.15) is 5.82 Å². The summed E-state index contributed by atoms with van der Waals surface area (Å²) in [5, 5.41) is 6.87. The van der Waals surface area contributed by atoms with Gasteiger partial charge < -0.3 is 21.3 Å². The number of hydrogen-bond acceptors (Lipinski definition) is 4. The Hall–Kier alpha value is -2.31. The number of nitrogens with one attached hydrogen (secondary N) is 2. The van der Waals surface area contributed by atoms with Gasteiger partial charge in [-0.25, -0.2) is 4.98 Å². The molecule has 2 rings (SSSR count). The summed E-state index contributed by atoms with van der Waals surface area (Å²) in [6, 6.07) is 4.41. The van der Waals surface area contributed by atoms with Gasteiger partial charge in [-0.2, -0.15) is 0 Å². The molecular formula is C21H36N6O. The number of rotatable bonds is 8. The normalized spacial score (nSPS) is 16.9. The molecule has 1 saturated heterocycles. The van der Waals surface area contributed by atoms with Crippen LogP contribution in [0.5, 0.6) is 0 Å². The van der Waals surface area contributed by atoms with Gasteiger partial charge in [0.25, 0.3) is 0 Å². The lowest BCUT2D eigenvalue weighted by atomic mass is 9.96. The van der Waals surface area contributed by atoms with Crippen molar-refractivity contribution in [3.05, 3.63) is 23.9 Å². The lowest BCUT2D eigenvalue weighted by Gasteiger charge is -2.32. The van der Waals surface area contributed by atoms with Crippen LogP contribution in [0.4, 0.5) is 5.82 Å². The SMILES string of the molecule is CN=C(NCc1cccnc1N1CCC(C(N)=O)CC1)NC(C)CCC(C)C. The van der Waals surface area contributed by atoms with E-state index < -0.39 is 0 Å². The third kappa shape index (κ3) is 6.69. The number of aliphatic imine (C=N–C) groups is 1. The molecule has 156 valence electrons. The molecule has 0 aromatic carbocycles. The summed E-state index contributed by atoms with van der Waals surface area (Å²) in [7, 11) is 1.79. The van der Waals surface area contributed by atoms with Gasteiger partial charge in [0, 0.05) is 50.4 Å². The molecule has 1 atom stereocenters. The predicted octanol–water partition coefficient (Wildman–Crippen LogP) is 2.27. The van der Waals surface area contributed by atoms with E-state index in [1.807, 2.05) is 12.3 Å². The highest BCUT2D eigenvalue weighted by Crippen LogP contribution is 2.24. The highest BCUT2D eigenvalue weighted by atomic mass is 16.1. The Labute approximate surface area is 169 Å². The van der Waals surface area contributed by atoms with Crippen LogP contribution in [-0.2, 0) is 11.3 Å². The zero-order chi connectivity index (χ0) is 20.5. The zero-order valence-corrected chi connectivity index (χ0v) is 17.7. The van der Waals surface area contributed by atoms with Crippen molar-refractivity contribution in [1.82, 2.24) is 15.6 Å². The van der Waals surface area contributed by atoms with Crippen LogP contribution in [-0.4, -0.2) is 43.0 Å². The summed E-state index contributed by atoms with van der Waals surface area (Å²) in [4.78, 5) is 22.6. The van der Waals surface area contributed by atoms with Crippen LogP contribution < -0.4 is 21.3 Å². The Kier molecular flexibility index (Phi) is 8.54. The fraction of sp³-hybridized carbons (Fsp3) is 0.667. The number of aromatic nitrogens is 1. The molecule has 1 aliphatic heterocycles. The number of guanidine groups is 1. The zero-order valence-electron chi connectivity index (χ0n) is 17.7. The van der Waals surface area contributed by atoms with Crippen LogP contribution in [0, 0.1) is 11.8 Å². The smallest absolute Gasteiger partial charge is 0.220 e. The summed E-state index contributed by atoms with van der Waals surface area (Å²) >= 11 is 0. The molecule has 0 spiro atoms. The van der Waals surface area contributed by atoms with Crippen LogP contribution >= 0.6 is 0 Å². The molecule has 7 nitrogen and oxygen atoms in total. The van der Waals surface area contributed by atoms with Crippen LogP contribution in [0.15, 0.2) is 23.3 Å². The standard InChI is InChI=1S/C21H36N6O/c1-15(2)7-8-16(3)26-21(23-4)25-14-18-6-5-11-24-20(18)27-12-9-17(10-13-27)19(22)28/h5-6,11,15-17H,7-10,12-14H2,1-4H3,(H2,22,28)(H2,23,25,26). The van der Waals surface area contributed by atoms with E-state index in [1.54, 1.807) is 7.05 Å². The first-order valence-electron chi connectivity index (χ1n) is 10.4. The van der Waals surface area contributed by atoms with Gasteiger partial charge in [0.05, 0.1) is 0 Å². The molecule has 28 heavy (non-hydrogen) atoms. The number of nitrogens with zero attached hydrogens (tertiary/aromatic N) is 3. The molecule has 0 aliphatic carbocycles. The second-order valence-electron chi connectivity index (χ2n) is 8.09. The van der Waals surface area contributed by atoms with Gasteiger partial charge in [0.15, 0.2) is 5.96 Å². The monoisotopic (exact) mass is 388 g/mol. The largest absolute Gasteiger partial charge is 0.369 e. The van der Waals surface area contributed by atoms with Crippen molar-refractivity contribution in [3.8, 4) is 0 Å². The molecule has 1 fully saturated rings. The summed E-state index contributed by atoms with van der Waals surface area (Å²) in [5.41, 5.74) is 6.57. The van der Waals surface area contributed by atoms with E-state index in [0.29, 0.717) is 18.5 Å². The molecule has 2 heterocycles. The van der Waals surface area contributed by atoms with E-state index in [-0.39, 0.29) is 11.8 Å². The molecule has 1 aliphatic rings. The number of amides is 1. The summed E-state index contributed by atoms with van der Waals surface area (Å²) in [6.45, 7) is 8.93. The minimum atomic E-state index is -0.191. The molecule has 1 amide bonds. The van der Waals surface area contributed by atoms with Crippen molar-refractivity contribution in [2.24, 2.45) is 22.6 Å². The second kappa shape index (κ2) is 10.9. The predicted molar refractivity (Wildman–Crippen MR) is 115 cm³/mol. The van der Waals surface area contributed by atoms with Gasteiger partial charge in [0.2, 0.25) is 5.91 Å². The first kappa shape index (κ1) is 22.0. The van der Waals surface area contributed by atoms with Crippen molar-refractivity contribution in [2.75, 3.05) is 25.0 Å². The molecule has 0 saturated carbocycles. The number of pyridine rings is 1. The number of primary amides is 1. The molecule has 1 aromatic rings. The topological polar surface area (TPSA) is 95.6 Å².